The van der Waals surface area contributed by atoms with E-state index in [9.17, 15) is 9.18 Å². The molecule has 1 aliphatic rings. The zero-order chi connectivity index (χ0) is 15.1. The van der Waals surface area contributed by atoms with Gasteiger partial charge in [0.2, 0.25) is 0 Å². The second-order valence-corrected chi connectivity index (χ2v) is 5.50. The molecule has 2 N–H and O–H groups in total. The van der Waals surface area contributed by atoms with Crippen molar-refractivity contribution in [3.05, 3.63) is 58.4 Å². The third-order valence-electron chi connectivity index (χ3n) is 4.03. The number of carbonyl (C=O) groups is 1. The van der Waals surface area contributed by atoms with Crippen LogP contribution in [0.2, 0.25) is 0 Å². The van der Waals surface area contributed by atoms with E-state index in [2.05, 4.69) is 0 Å². The van der Waals surface area contributed by atoms with Crippen molar-refractivity contribution in [2.75, 3.05) is 17.2 Å². The molecule has 1 aliphatic heterocycles. The van der Waals surface area contributed by atoms with Crippen LogP contribution in [0.3, 0.4) is 0 Å². The Morgan fingerprint density at radius 2 is 1.95 bits per heavy atom. The molecule has 2 aromatic rings. The lowest BCUT2D eigenvalue weighted by atomic mass is 10.0. The Kier molecular flexibility index (Phi) is 3.16. The van der Waals surface area contributed by atoms with E-state index in [-0.39, 0.29) is 11.7 Å². The molecule has 21 heavy (non-hydrogen) atoms. The number of benzene rings is 2. The number of hydrogen-bond acceptors (Lipinski definition) is 2. The van der Waals surface area contributed by atoms with Crippen molar-refractivity contribution in [3.63, 3.8) is 0 Å². The molecule has 0 unspecified atom stereocenters. The normalized spacial score (nSPS) is 13.4. The molecule has 108 valence electrons. The van der Waals surface area contributed by atoms with Crippen LogP contribution in [0.4, 0.5) is 15.8 Å². The third-order valence-corrected chi connectivity index (χ3v) is 4.03. The molecule has 0 aliphatic carbocycles. The van der Waals surface area contributed by atoms with Gasteiger partial charge < -0.3 is 10.6 Å². The van der Waals surface area contributed by atoms with E-state index in [1.807, 2.05) is 19.9 Å². The number of aryl methyl sites for hydroxylation is 2. The van der Waals surface area contributed by atoms with E-state index >= 15 is 0 Å². The molecule has 0 aromatic heterocycles. The molecule has 0 fully saturated rings. The number of fused-ring (bicyclic) bond motifs is 1. The van der Waals surface area contributed by atoms with Crippen molar-refractivity contribution in [1.29, 1.82) is 0 Å². The quantitative estimate of drug-likeness (QED) is 0.817. The Morgan fingerprint density at radius 1 is 1.19 bits per heavy atom. The van der Waals surface area contributed by atoms with Gasteiger partial charge in [-0.25, -0.2) is 4.39 Å². The lowest BCUT2D eigenvalue weighted by molar-refractivity contribution is 0.0989. The zero-order valence-electron chi connectivity index (χ0n) is 12.1. The number of nitrogens with two attached hydrogens (primary N) is 1. The first-order chi connectivity index (χ1) is 9.97. The van der Waals surface area contributed by atoms with E-state index in [0.717, 1.165) is 23.1 Å². The third kappa shape index (κ3) is 2.27. The summed E-state index contributed by atoms with van der Waals surface area (Å²) in [5.41, 5.74) is 10.6. The van der Waals surface area contributed by atoms with Crippen LogP contribution in [0, 0.1) is 19.7 Å². The second-order valence-electron chi connectivity index (χ2n) is 5.50. The summed E-state index contributed by atoms with van der Waals surface area (Å²) in [6.45, 7) is 4.38. The van der Waals surface area contributed by atoms with Gasteiger partial charge in [-0.1, -0.05) is 12.1 Å². The van der Waals surface area contributed by atoms with Crippen LogP contribution in [0.15, 0.2) is 30.3 Å². The minimum absolute atomic E-state index is 0.122. The Hall–Kier alpha value is -2.36. The highest BCUT2D eigenvalue weighted by molar-refractivity contribution is 6.08. The smallest absolute Gasteiger partial charge is 0.258 e. The number of anilines is 2. The highest BCUT2D eigenvalue weighted by Crippen LogP contribution is 2.31. The lowest BCUT2D eigenvalue weighted by Crippen LogP contribution is -2.29. The molecule has 0 saturated heterocycles. The standard InChI is InChI=1S/C17H17FN2O/c1-10-7-11(2)15(19)9-14(10)17(21)20-6-5-12-3-4-13(18)8-16(12)20/h3-4,7-9H,5-6,19H2,1-2H3. The minimum Gasteiger partial charge on any atom is -0.398 e. The molecule has 0 atom stereocenters. The lowest BCUT2D eigenvalue weighted by Gasteiger charge is -2.19. The van der Waals surface area contributed by atoms with E-state index in [1.165, 1.54) is 12.1 Å². The van der Waals surface area contributed by atoms with Gasteiger partial charge in [-0.05, 0) is 55.2 Å². The van der Waals surface area contributed by atoms with Gasteiger partial charge in [-0.15, -0.1) is 0 Å². The molecule has 0 radical (unpaired) electrons. The van der Waals surface area contributed by atoms with Crippen molar-refractivity contribution in [2.24, 2.45) is 0 Å². The molecule has 0 saturated carbocycles. The summed E-state index contributed by atoms with van der Waals surface area (Å²) >= 11 is 0. The van der Waals surface area contributed by atoms with Crippen LogP contribution in [0.1, 0.15) is 27.0 Å². The summed E-state index contributed by atoms with van der Waals surface area (Å²) in [6.07, 6.45) is 0.752. The number of amides is 1. The van der Waals surface area contributed by atoms with E-state index in [1.54, 1.807) is 17.0 Å². The van der Waals surface area contributed by atoms with E-state index in [0.29, 0.717) is 23.5 Å². The molecule has 3 rings (SSSR count). The van der Waals surface area contributed by atoms with Crippen molar-refractivity contribution >= 4 is 17.3 Å². The number of nitrogen functional groups attached to an aromatic ring is 1. The fraction of sp³-hybridized carbons (Fsp3) is 0.235. The van der Waals surface area contributed by atoms with Crippen molar-refractivity contribution in [2.45, 2.75) is 20.3 Å². The van der Waals surface area contributed by atoms with Crippen LogP contribution in [0.5, 0.6) is 0 Å². The molecule has 3 nitrogen and oxygen atoms in total. The van der Waals surface area contributed by atoms with Gasteiger partial charge in [0.05, 0.1) is 5.69 Å². The fourth-order valence-corrected chi connectivity index (χ4v) is 2.81. The molecule has 1 heterocycles. The maximum atomic E-state index is 13.4. The zero-order valence-corrected chi connectivity index (χ0v) is 12.1. The predicted octanol–water partition coefficient (Wildman–Crippen LogP) is 3.23. The average molecular weight is 284 g/mol. The highest BCUT2D eigenvalue weighted by Gasteiger charge is 2.27. The Morgan fingerprint density at radius 3 is 2.71 bits per heavy atom. The van der Waals surface area contributed by atoms with Crippen LogP contribution >= 0.6 is 0 Å². The number of carbonyl (C=O) groups excluding carboxylic acids is 1. The van der Waals surface area contributed by atoms with Gasteiger partial charge in [0.15, 0.2) is 0 Å². The topological polar surface area (TPSA) is 46.3 Å². The fourth-order valence-electron chi connectivity index (χ4n) is 2.81. The SMILES string of the molecule is Cc1cc(C)c(C(=O)N2CCc3ccc(F)cc32)cc1N. The summed E-state index contributed by atoms with van der Waals surface area (Å²) in [5.74, 6) is -0.447. The molecule has 4 heteroatoms. The predicted molar refractivity (Wildman–Crippen MR) is 82.1 cm³/mol. The Bertz CT molecular complexity index is 740. The van der Waals surface area contributed by atoms with E-state index < -0.39 is 0 Å². The van der Waals surface area contributed by atoms with Gasteiger partial charge in [0, 0.05) is 17.8 Å². The first-order valence-electron chi connectivity index (χ1n) is 6.94. The van der Waals surface area contributed by atoms with Crippen molar-refractivity contribution in [1.82, 2.24) is 0 Å². The first kappa shape index (κ1) is 13.6. The van der Waals surface area contributed by atoms with E-state index in [4.69, 9.17) is 5.73 Å². The maximum Gasteiger partial charge on any atom is 0.258 e. The molecule has 1 amide bonds. The average Bonchev–Trinajstić information content (AvgIpc) is 2.85. The molecular weight excluding hydrogens is 267 g/mol. The maximum absolute atomic E-state index is 13.4. The molecule has 2 aromatic carbocycles. The van der Waals surface area contributed by atoms with Crippen LogP contribution < -0.4 is 10.6 Å². The van der Waals surface area contributed by atoms with Gasteiger partial charge in [0.1, 0.15) is 5.82 Å². The van der Waals surface area contributed by atoms with Gasteiger partial charge in [-0.2, -0.15) is 0 Å². The molecule has 0 bridgehead atoms. The number of halogens is 1. The van der Waals surface area contributed by atoms with Gasteiger partial charge in [-0.3, -0.25) is 4.79 Å². The van der Waals surface area contributed by atoms with Crippen molar-refractivity contribution in [3.8, 4) is 0 Å². The van der Waals surface area contributed by atoms with Crippen LogP contribution in [0.25, 0.3) is 0 Å². The van der Waals surface area contributed by atoms with Gasteiger partial charge in [0.25, 0.3) is 5.91 Å². The minimum atomic E-state index is -0.325. The first-order valence-corrected chi connectivity index (χ1v) is 6.94. The second kappa shape index (κ2) is 4.88. The molecule has 0 spiro atoms. The van der Waals surface area contributed by atoms with Crippen LogP contribution in [-0.4, -0.2) is 12.5 Å². The number of rotatable bonds is 1. The van der Waals surface area contributed by atoms with Gasteiger partial charge >= 0.3 is 0 Å². The number of nitrogens with zero attached hydrogens (tertiary/aromatic N) is 1. The van der Waals surface area contributed by atoms with Crippen LogP contribution in [-0.2, 0) is 6.42 Å². The highest BCUT2D eigenvalue weighted by atomic mass is 19.1. The summed E-state index contributed by atoms with van der Waals surface area (Å²) in [7, 11) is 0. The summed E-state index contributed by atoms with van der Waals surface area (Å²) < 4.78 is 13.4. The summed E-state index contributed by atoms with van der Waals surface area (Å²) in [5, 5.41) is 0. The molecular formula is C17H17FN2O. The number of hydrogen-bond donors (Lipinski definition) is 1. The summed E-state index contributed by atoms with van der Waals surface area (Å²) in [6, 6.07) is 8.22. The Labute approximate surface area is 123 Å². The van der Waals surface area contributed by atoms with Crippen molar-refractivity contribution < 1.29 is 9.18 Å². The largest absolute Gasteiger partial charge is 0.398 e. The Balaban J connectivity index is 2.02. The summed E-state index contributed by atoms with van der Waals surface area (Å²) in [4.78, 5) is 14.4. The monoisotopic (exact) mass is 284 g/mol.